The Labute approximate surface area is 121 Å². The Balaban J connectivity index is 2.73. The Morgan fingerprint density at radius 3 is 2.33 bits per heavy atom. The number of halogens is 2. The fraction of sp³-hybridized carbons (Fsp3) is 0.538. The van der Waals surface area contributed by atoms with Crippen molar-refractivity contribution in [2.75, 3.05) is 13.1 Å². The van der Waals surface area contributed by atoms with Gasteiger partial charge in [-0.25, -0.2) is 0 Å². The van der Waals surface area contributed by atoms with E-state index < -0.39 is 11.2 Å². The molecular weight excluding hydrogens is 318 g/mol. The highest BCUT2D eigenvalue weighted by Crippen LogP contribution is 2.30. The fourth-order valence-electron chi connectivity index (χ4n) is 1.63. The Morgan fingerprint density at radius 2 is 1.83 bits per heavy atom. The maximum Gasteiger partial charge on any atom is 0.101 e. The Morgan fingerprint density at radius 1 is 1.22 bits per heavy atom. The summed E-state index contributed by atoms with van der Waals surface area (Å²) in [5.74, 6) is 0. The third-order valence-corrected chi connectivity index (χ3v) is 3.34. The summed E-state index contributed by atoms with van der Waals surface area (Å²) in [4.78, 5) is 0. The van der Waals surface area contributed by atoms with E-state index in [1.165, 1.54) is 0 Å². The summed E-state index contributed by atoms with van der Waals surface area (Å²) in [6.45, 7) is 5.83. The van der Waals surface area contributed by atoms with Gasteiger partial charge in [-0.2, -0.15) is 0 Å². The summed E-state index contributed by atoms with van der Waals surface area (Å²) in [6, 6.07) is 5.38. The average Bonchev–Trinajstić information content (AvgIpc) is 2.13. The highest BCUT2D eigenvalue weighted by Gasteiger charge is 2.26. The minimum atomic E-state index is -1.08. The molecular formula is C13H19BrClNO2. The van der Waals surface area contributed by atoms with Gasteiger partial charge in [0.1, 0.15) is 5.60 Å². The zero-order chi connectivity index (χ0) is 14.0. The first-order valence-corrected chi connectivity index (χ1v) is 6.90. The van der Waals surface area contributed by atoms with Crippen LogP contribution in [0.25, 0.3) is 0 Å². The van der Waals surface area contributed by atoms with Crippen LogP contribution in [0.2, 0.25) is 5.02 Å². The van der Waals surface area contributed by atoms with Gasteiger partial charge in [-0.3, -0.25) is 0 Å². The van der Waals surface area contributed by atoms with Crippen LogP contribution in [0.3, 0.4) is 0 Å². The van der Waals surface area contributed by atoms with Gasteiger partial charge in [0.15, 0.2) is 0 Å². The average molecular weight is 337 g/mol. The fourth-order valence-corrected chi connectivity index (χ4v) is 2.51. The third kappa shape index (κ3) is 4.86. The van der Waals surface area contributed by atoms with Gasteiger partial charge in [-0.1, -0.05) is 33.6 Å². The molecule has 1 atom stereocenters. The van der Waals surface area contributed by atoms with Crippen LogP contribution in [0.15, 0.2) is 22.7 Å². The Kier molecular flexibility index (Phi) is 5.21. The zero-order valence-electron chi connectivity index (χ0n) is 10.8. The maximum absolute atomic E-state index is 10.4. The van der Waals surface area contributed by atoms with Crippen LogP contribution in [0.5, 0.6) is 0 Å². The van der Waals surface area contributed by atoms with Gasteiger partial charge in [0.05, 0.1) is 5.60 Å². The molecule has 102 valence electrons. The van der Waals surface area contributed by atoms with Crippen molar-refractivity contribution in [1.29, 1.82) is 0 Å². The van der Waals surface area contributed by atoms with Gasteiger partial charge >= 0.3 is 0 Å². The number of hydrogen-bond donors (Lipinski definition) is 3. The van der Waals surface area contributed by atoms with Gasteiger partial charge in [0.2, 0.25) is 0 Å². The summed E-state index contributed by atoms with van der Waals surface area (Å²) in [6.07, 6.45) is 0. The van der Waals surface area contributed by atoms with Crippen LogP contribution < -0.4 is 5.32 Å². The molecule has 0 heterocycles. The van der Waals surface area contributed by atoms with E-state index in [4.69, 9.17) is 11.6 Å². The molecule has 1 unspecified atom stereocenters. The van der Waals surface area contributed by atoms with Crippen LogP contribution in [0.1, 0.15) is 26.3 Å². The summed E-state index contributed by atoms with van der Waals surface area (Å²) in [5, 5.41) is 23.6. The lowest BCUT2D eigenvalue weighted by Gasteiger charge is -2.27. The smallest absolute Gasteiger partial charge is 0.101 e. The molecule has 1 aromatic rings. The van der Waals surface area contributed by atoms with Crippen molar-refractivity contribution in [3.05, 3.63) is 33.3 Å². The highest BCUT2D eigenvalue weighted by molar-refractivity contribution is 9.10. The lowest BCUT2D eigenvalue weighted by molar-refractivity contribution is 0.0397. The van der Waals surface area contributed by atoms with Gasteiger partial charge in [0.25, 0.3) is 0 Å². The summed E-state index contributed by atoms with van der Waals surface area (Å²) in [7, 11) is 0. The third-order valence-electron chi connectivity index (χ3n) is 2.54. The minimum absolute atomic E-state index is 0.318. The van der Waals surface area contributed by atoms with Crippen LogP contribution >= 0.6 is 27.5 Å². The van der Waals surface area contributed by atoms with Gasteiger partial charge in [0, 0.05) is 28.1 Å². The molecule has 0 aromatic heterocycles. The number of benzene rings is 1. The quantitative estimate of drug-likeness (QED) is 0.775. The predicted molar refractivity (Wildman–Crippen MR) is 77.9 cm³/mol. The molecule has 5 heteroatoms. The van der Waals surface area contributed by atoms with Crippen molar-refractivity contribution in [2.24, 2.45) is 0 Å². The van der Waals surface area contributed by atoms with Gasteiger partial charge in [-0.15, -0.1) is 0 Å². The first-order chi connectivity index (χ1) is 8.12. The van der Waals surface area contributed by atoms with Crippen molar-refractivity contribution in [3.8, 4) is 0 Å². The van der Waals surface area contributed by atoms with E-state index in [-0.39, 0.29) is 0 Å². The topological polar surface area (TPSA) is 52.5 Å². The summed E-state index contributed by atoms with van der Waals surface area (Å²) in [5.41, 5.74) is -1.22. The molecule has 18 heavy (non-hydrogen) atoms. The van der Waals surface area contributed by atoms with E-state index in [1.807, 2.05) is 6.07 Å². The molecule has 0 radical (unpaired) electrons. The monoisotopic (exact) mass is 335 g/mol. The first kappa shape index (κ1) is 15.9. The number of hydrogen-bond acceptors (Lipinski definition) is 3. The van der Waals surface area contributed by atoms with Crippen molar-refractivity contribution < 1.29 is 10.2 Å². The van der Waals surface area contributed by atoms with E-state index in [0.29, 0.717) is 23.7 Å². The normalized spacial score (nSPS) is 15.5. The van der Waals surface area contributed by atoms with E-state index in [9.17, 15) is 10.2 Å². The number of aliphatic hydroxyl groups is 2. The van der Waals surface area contributed by atoms with E-state index in [0.717, 1.165) is 4.47 Å². The molecule has 0 amide bonds. The second-order valence-corrected chi connectivity index (χ2v) is 6.64. The maximum atomic E-state index is 10.4. The van der Waals surface area contributed by atoms with E-state index in [2.05, 4.69) is 21.2 Å². The number of nitrogens with one attached hydrogen (secondary N) is 1. The van der Waals surface area contributed by atoms with Crippen molar-refractivity contribution >= 4 is 27.5 Å². The lowest BCUT2D eigenvalue weighted by atomic mass is 9.95. The number of rotatable bonds is 5. The standard InChI is InChI=1S/C13H19BrClNO2/c1-12(2,17)7-16-8-13(3,18)10-5-4-9(14)6-11(10)15/h4-6,16-18H,7-8H2,1-3H3. The Hall–Kier alpha value is -0.130. The zero-order valence-corrected chi connectivity index (χ0v) is 13.1. The second kappa shape index (κ2) is 5.88. The molecule has 0 bridgehead atoms. The molecule has 3 N–H and O–H groups in total. The summed E-state index contributed by atoms with van der Waals surface area (Å²) < 4.78 is 0.872. The minimum Gasteiger partial charge on any atom is -0.389 e. The highest BCUT2D eigenvalue weighted by atomic mass is 79.9. The molecule has 0 saturated carbocycles. The molecule has 0 spiro atoms. The van der Waals surface area contributed by atoms with Gasteiger partial charge in [-0.05, 0) is 32.9 Å². The largest absolute Gasteiger partial charge is 0.389 e. The van der Waals surface area contributed by atoms with Crippen molar-refractivity contribution in [1.82, 2.24) is 5.32 Å². The lowest BCUT2D eigenvalue weighted by Crippen LogP contribution is -2.42. The van der Waals surface area contributed by atoms with E-state index in [1.54, 1.807) is 32.9 Å². The van der Waals surface area contributed by atoms with Crippen molar-refractivity contribution in [2.45, 2.75) is 32.0 Å². The molecule has 0 saturated heterocycles. The van der Waals surface area contributed by atoms with Crippen LogP contribution in [-0.2, 0) is 5.60 Å². The van der Waals surface area contributed by atoms with Crippen LogP contribution in [0.4, 0.5) is 0 Å². The van der Waals surface area contributed by atoms with Crippen LogP contribution in [-0.4, -0.2) is 28.9 Å². The predicted octanol–water partition coefficient (Wildman–Crippen LogP) is 2.67. The molecule has 0 fully saturated rings. The van der Waals surface area contributed by atoms with E-state index >= 15 is 0 Å². The second-order valence-electron chi connectivity index (χ2n) is 5.31. The van der Waals surface area contributed by atoms with Crippen molar-refractivity contribution in [3.63, 3.8) is 0 Å². The molecule has 3 nitrogen and oxygen atoms in total. The molecule has 0 aliphatic heterocycles. The SMILES string of the molecule is CC(C)(O)CNCC(C)(O)c1ccc(Br)cc1Cl. The summed E-state index contributed by atoms with van der Waals surface area (Å²) >= 11 is 9.44. The molecule has 0 aliphatic rings. The molecule has 0 aliphatic carbocycles. The molecule has 1 rings (SSSR count). The first-order valence-electron chi connectivity index (χ1n) is 5.73. The molecule has 1 aromatic carbocycles. The Bertz CT molecular complexity index is 416. The van der Waals surface area contributed by atoms with Crippen LogP contribution in [0, 0.1) is 0 Å². The van der Waals surface area contributed by atoms with Gasteiger partial charge < -0.3 is 15.5 Å².